The number of hydrogen-bond acceptors (Lipinski definition) is 4. The summed E-state index contributed by atoms with van der Waals surface area (Å²) >= 11 is 1.63. The highest BCUT2D eigenvalue weighted by molar-refractivity contribution is 7.99. The Kier molecular flexibility index (Phi) is 4.53. The van der Waals surface area contributed by atoms with Crippen molar-refractivity contribution in [2.45, 2.75) is 25.3 Å². The van der Waals surface area contributed by atoms with Crippen molar-refractivity contribution < 1.29 is 0 Å². The van der Waals surface area contributed by atoms with Crippen molar-refractivity contribution in [2.24, 2.45) is 0 Å². The van der Waals surface area contributed by atoms with Crippen LogP contribution < -0.4 is 0 Å². The maximum absolute atomic E-state index is 5.25. The molecule has 0 saturated carbocycles. The number of hydrogen-bond donors (Lipinski definition) is 0. The van der Waals surface area contributed by atoms with Gasteiger partial charge in [-0.1, -0.05) is 29.8 Å². The summed E-state index contributed by atoms with van der Waals surface area (Å²) in [6, 6.07) is 8.11. The fraction of sp³-hybridized carbons (Fsp3) is 0.267. The highest BCUT2D eigenvalue weighted by Gasteiger charge is 2.07. The van der Waals surface area contributed by atoms with Gasteiger partial charge in [-0.05, 0) is 13.8 Å². The van der Waals surface area contributed by atoms with Gasteiger partial charge in [-0.3, -0.25) is 0 Å². The number of nitrogens with zero attached hydrogens (tertiary/aromatic N) is 3. The minimum atomic E-state index is 0.661. The molecule has 0 saturated heterocycles. The molecule has 19 heavy (non-hydrogen) atoms. The number of thioether (sulfide) groups is 1. The molecule has 0 bridgehead atoms. The molecule has 96 valence electrons. The molecule has 1 aromatic heterocycles. The molecule has 2 aromatic rings. The number of rotatable bonds is 4. The lowest BCUT2D eigenvalue weighted by atomic mass is 10.1. The van der Waals surface area contributed by atoms with Crippen LogP contribution in [0.15, 0.2) is 29.3 Å². The Morgan fingerprint density at radius 1 is 1.16 bits per heavy atom. The average Bonchev–Trinajstić information content (AvgIpc) is 2.42. The van der Waals surface area contributed by atoms with E-state index in [0.717, 1.165) is 28.5 Å². The van der Waals surface area contributed by atoms with Crippen LogP contribution in [-0.4, -0.2) is 20.9 Å². The molecule has 0 amide bonds. The van der Waals surface area contributed by atoms with Gasteiger partial charge in [0.15, 0.2) is 5.82 Å². The molecule has 0 fully saturated rings. The van der Waals surface area contributed by atoms with Gasteiger partial charge < -0.3 is 0 Å². The van der Waals surface area contributed by atoms with Gasteiger partial charge in [0.1, 0.15) is 5.03 Å². The van der Waals surface area contributed by atoms with Crippen molar-refractivity contribution in [2.75, 3.05) is 5.75 Å². The predicted molar refractivity (Wildman–Crippen MR) is 78.9 cm³/mol. The summed E-state index contributed by atoms with van der Waals surface area (Å²) in [6.45, 7) is 3.97. The first-order chi connectivity index (χ1) is 9.20. The third-order valence-electron chi connectivity index (χ3n) is 2.61. The van der Waals surface area contributed by atoms with E-state index in [9.17, 15) is 0 Å². The van der Waals surface area contributed by atoms with Gasteiger partial charge in [0.25, 0.3) is 0 Å². The first kappa shape index (κ1) is 13.6. The molecule has 0 radical (unpaired) electrons. The van der Waals surface area contributed by atoms with Crippen LogP contribution >= 0.6 is 11.8 Å². The Bertz CT molecular complexity index is 600. The second-order valence-electron chi connectivity index (χ2n) is 4.19. The maximum atomic E-state index is 5.25. The van der Waals surface area contributed by atoms with E-state index in [1.807, 2.05) is 31.2 Å². The zero-order chi connectivity index (χ0) is 13.7. The third kappa shape index (κ3) is 3.55. The van der Waals surface area contributed by atoms with Crippen molar-refractivity contribution in [1.29, 1.82) is 0 Å². The van der Waals surface area contributed by atoms with Gasteiger partial charge in [-0.25, -0.2) is 4.98 Å². The van der Waals surface area contributed by atoms with Crippen molar-refractivity contribution in [1.82, 2.24) is 15.2 Å². The summed E-state index contributed by atoms with van der Waals surface area (Å²) in [5, 5.41) is 9.23. The van der Waals surface area contributed by atoms with Crippen molar-refractivity contribution in [3.05, 3.63) is 35.5 Å². The van der Waals surface area contributed by atoms with Gasteiger partial charge in [0.2, 0.25) is 0 Å². The number of aryl methyl sites for hydroxylation is 2. The third-order valence-corrected chi connectivity index (χ3v) is 3.68. The Morgan fingerprint density at radius 3 is 2.58 bits per heavy atom. The van der Waals surface area contributed by atoms with Crippen molar-refractivity contribution in [3.8, 4) is 23.7 Å². The molecular formula is C15H15N3S. The molecule has 0 unspecified atom stereocenters. The van der Waals surface area contributed by atoms with Crippen molar-refractivity contribution in [3.63, 3.8) is 0 Å². The first-order valence-electron chi connectivity index (χ1n) is 6.05. The van der Waals surface area contributed by atoms with Gasteiger partial charge in [-0.2, -0.15) is 5.10 Å². The lowest BCUT2D eigenvalue weighted by molar-refractivity contribution is 0.866. The Balaban J connectivity index is 2.25. The minimum Gasteiger partial charge on any atom is -0.218 e. The fourth-order valence-corrected chi connectivity index (χ4v) is 2.35. The van der Waals surface area contributed by atoms with Gasteiger partial charge in [0.05, 0.1) is 5.69 Å². The molecule has 0 aliphatic heterocycles. The zero-order valence-electron chi connectivity index (χ0n) is 11.1. The Labute approximate surface area is 117 Å². The monoisotopic (exact) mass is 269 g/mol. The van der Waals surface area contributed by atoms with Crippen LogP contribution in [0.2, 0.25) is 0 Å². The van der Waals surface area contributed by atoms with Crippen LogP contribution in [-0.2, 0) is 0 Å². The number of terminal acetylenes is 1. The van der Waals surface area contributed by atoms with Crippen molar-refractivity contribution >= 4 is 11.8 Å². The first-order valence-corrected chi connectivity index (χ1v) is 7.04. The highest BCUT2D eigenvalue weighted by Crippen LogP contribution is 2.22. The summed E-state index contributed by atoms with van der Waals surface area (Å²) in [5.74, 6) is 4.14. The number of aromatic nitrogens is 3. The summed E-state index contributed by atoms with van der Waals surface area (Å²) in [6.07, 6.45) is 5.98. The van der Waals surface area contributed by atoms with E-state index in [1.54, 1.807) is 11.8 Å². The normalized spacial score (nSPS) is 10.2. The lowest BCUT2D eigenvalue weighted by Crippen LogP contribution is -1.99. The molecule has 0 aliphatic rings. The molecule has 3 nitrogen and oxygen atoms in total. The fourth-order valence-electron chi connectivity index (χ4n) is 1.53. The summed E-state index contributed by atoms with van der Waals surface area (Å²) in [7, 11) is 0. The van der Waals surface area contributed by atoms with Crippen LogP contribution in [0, 0.1) is 26.2 Å². The van der Waals surface area contributed by atoms with E-state index in [0.29, 0.717) is 5.82 Å². The highest BCUT2D eigenvalue weighted by atomic mass is 32.2. The Hall–Kier alpha value is -1.86. The van der Waals surface area contributed by atoms with E-state index >= 15 is 0 Å². The van der Waals surface area contributed by atoms with Gasteiger partial charge >= 0.3 is 0 Å². The number of benzene rings is 1. The quantitative estimate of drug-likeness (QED) is 0.485. The summed E-state index contributed by atoms with van der Waals surface area (Å²) < 4.78 is 0. The molecular weight excluding hydrogens is 254 g/mol. The topological polar surface area (TPSA) is 38.7 Å². The standard InChI is InChI=1S/C15H15N3S/c1-4-5-10-19-15-12(3)17-18-14(16-15)13-8-6-11(2)7-9-13/h1,6-9H,5,10H2,2-3H3. The van der Waals surface area contributed by atoms with E-state index in [4.69, 9.17) is 6.42 Å². The molecule has 4 heteroatoms. The smallest absolute Gasteiger partial charge is 0.182 e. The predicted octanol–water partition coefficient (Wildman–Crippen LogP) is 3.27. The molecule has 0 N–H and O–H groups in total. The Morgan fingerprint density at radius 2 is 1.89 bits per heavy atom. The lowest BCUT2D eigenvalue weighted by Gasteiger charge is -2.05. The van der Waals surface area contributed by atoms with Crippen LogP contribution in [0.5, 0.6) is 0 Å². The molecule has 0 spiro atoms. The molecule has 1 aromatic carbocycles. The zero-order valence-corrected chi connectivity index (χ0v) is 11.9. The second kappa shape index (κ2) is 6.35. The summed E-state index contributed by atoms with van der Waals surface area (Å²) in [4.78, 5) is 4.56. The van der Waals surface area contributed by atoms with Crippen LogP contribution in [0.4, 0.5) is 0 Å². The molecule has 1 heterocycles. The van der Waals surface area contributed by atoms with E-state index in [-0.39, 0.29) is 0 Å². The van der Waals surface area contributed by atoms with Gasteiger partial charge in [-0.15, -0.1) is 29.2 Å². The van der Waals surface area contributed by atoms with E-state index in [1.165, 1.54) is 5.56 Å². The molecule has 2 rings (SSSR count). The van der Waals surface area contributed by atoms with Crippen LogP contribution in [0.3, 0.4) is 0 Å². The SMILES string of the molecule is C#CCCSc1nc(-c2ccc(C)cc2)nnc1C. The van der Waals surface area contributed by atoms with E-state index in [2.05, 4.69) is 28.0 Å². The average molecular weight is 269 g/mol. The second-order valence-corrected chi connectivity index (χ2v) is 5.28. The largest absolute Gasteiger partial charge is 0.218 e. The minimum absolute atomic E-state index is 0.661. The maximum Gasteiger partial charge on any atom is 0.182 e. The van der Waals surface area contributed by atoms with Gasteiger partial charge in [0, 0.05) is 17.7 Å². The molecule has 0 atom stereocenters. The van der Waals surface area contributed by atoms with Crippen LogP contribution in [0.1, 0.15) is 17.7 Å². The summed E-state index contributed by atoms with van der Waals surface area (Å²) in [5.41, 5.74) is 3.04. The van der Waals surface area contributed by atoms with Crippen LogP contribution in [0.25, 0.3) is 11.4 Å². The van der Waals surface area contributed by atoms with E-state index < -0.39 is 0 Å². The molecule has 0 aliphatic carbocycles.